The Kier molecular flexibility index (Phi) is 5.18. The molecule has 2 atom stereocenters. The van der Waals surface area contributed by atoms with Crippen LogP contribution >= 0.6 is 0 Å². The summed E-state index contributed by atoms with van der Waals surface area (Å²) < 4.78 is 0. The summed E-state index contributed by atoms with van der Waals surface area (Å²) in [5.74, 6) is 0.387. The zero-order valence-electron chi connectivity index (χ0n) is 17.7. The van der Waals surface area contributed by atoms with E-state index in [1.807, 2.05) is 0 Å². The minimum absolute atomic E-state index is 0.302. The molecular formula is C25H30N4. The predicted octanol–water partition coefficient (Wildman–Crippen LogP) is 4.74. The average molecular weight is 387 g/mol. The lowest BCUT2D eigenvalue weighted by Gasteiger charge is -2.34. The van der Waals surface area contributed by atoms with Gasteiger partial charge in [0.15, 0.2) is 0 Å². The lowest BCUT2D eigenvalue weighted by atomic mass is 10.0. The van der Waals surface area contributed by atoms with Crippen molar-refractivity contribution in [3.8, 4) is 0 Å². The van der Waals surface area contributed by atoms with Gasteiger partial charge < -0.3 is 9.80 Å². The molecule has 0 N–H and O–H groups in total. The van der Waals surface area contributed by atoms with E-state index in [-0.39, 0.29) is 0 Å². The smallest absolute Gasteiger partial charge is 0.0725 e. The SMILES string of the molecule is C=C1c2ccccc2N(C)C(=C)CN1CC1C(C)C=NN1Cc1ccc(C)cc1. The molecule has 0 aliphatic carbocycles. The number of rotatable bonds is 4. The van der Waals surface area contributed by atoms with E-state index in [9.17, 15) is 0 Å². The number of hydrogen-bond acceptors (Lipinski definition) is 4. The van der Waals surface area contributed by atoms with Crippen molar-refractivity contribution in [1.82, 2.24) is 9.91 Å². The molecule has 0 fully saturated rings. The predicted molar refractivity (Wildman–Crippen MR) is 123 cm³/mol. The average Bonchev–Trinajstić information content (AvgIpc) is 3.03. The zero-order chi connectivity index (χ0) is 20.5. The van der Waals surface area contributed by atoms with Gasteiger partial charge in [0.05, 0.1) is 19.1 Å². The molecule has 2 aliphatic heterocycles. The van der Waals surface area contributed by atoms with E-state index in [1.54, 1.807) is 0 Å². The van der Waals surface area contributed by atoms with Crippen LogP contribution in [0.1, 0.15) is 23.6 Å². The van der Waals surface area contributed by atoms with Gasteiger partial charge in [-0.25, -0.2) is 0 Å². The highest BCUT2D eigenvalue weighted by atomic mass is 15.5. The van der Waals surface area contributed by atoms with Gasteiger partial charge >= 0.3 is 0 Å². The Balaban J connectivity index is 1.56. The standard InChI is InChI=1S/C25H30N4/c1-18-10-12-22(13-11-18)16-29-25(19(2)14-26-29)17-28-15-20(3)27(5)24-9-7-6-8-23(24)21(28)4/h6-14,19,25H,3-4,15-17H2,1-2,5H3. The molecule has 2 aliphatic rings. The molecule has 2 aromatic carbocycles. The summed E-state index contributed by atoms with van der Waals surface area (Å²) in [6, 6.07) is 17.5. The van der Waals surface area contributed by atoms with Crippen LogP contribution in [0.4, 0.5) is 5.69 Å². The third-order valence-corrected chi connectivity index (χ3v) is 6.12. The molecule has 2 heterocycles. The fourth-order valence-corrected chi connectivity index (χ4v) is 4.12. The van der Waals surface area contributed by atoms with Crippen molar-refractivity contribution < 1.29 is 0 Å². The first-order valence-electron chi connectivity index (χ1n) is 10.2. The maximum absolute atomic E-state index is 4.73. The summed E-state index contributed by atoms with van der Waals surface area (Å²) in [4.78, 5) is 4.54. The van der Waals surface area contributed by atoms with Gasteiger partial charge in [-0.3, -0.25) is 5.01 Å². The van der Waals surface area contributed by atoms with Gasteiger partial charge in [0.2, 0.25) is 0 Å². The number of likely N-dealkylation sites (N-methyl/N-ethyl adjacent to an activating group) is 1. The Hall–Kier alpha value is -3.01. The number of fused-ring (bicyclic) bond motifs is 1. The van der Waals surface area contributed by atoms with E-state index in [2.05, 4.69) is 104 Å². The molecule has 2 unspecified atom stereocenters. The van der Waals surface area contributed by atoms with Crippen LogP contribution in [0.3, 0.4) is 0 Å². The highest BCUT2D eigenvalue weighted by molar-refractivity contribution is 5.77. The number of hydrogen-bond donors (Lipinski definition) is 0. The Morgan fingerprint density at radius 1 is 1.07 bits per heavy atom. The Morgan fingerprint density at radius 2 is 1.79 bits per heavy atom. The molecule has 0 aromatic heterocycles. The van der Waals surface area contributed by atoms with Crippen molar-refractivity contribution in [2.24, 2.45) is 11.0 Å². The first kappa shape index (κ1) is 19.3. The molecule has 4 rings (SSSR count). The highest BCUT2D eigenvalue weighted by Gasteiger charge is 2.32. The molecule has 2 aromatic rings. The first-order valence-corrected chi connectivity index (χ1v) is 10.2. The van der Waals surface area contributed by atoms with Crippen LogP contribution in [0.15, 0.2) is 72.5 Å². The summed E-state index contributed by atoms with van der Waals surface area (Å²) in [5, 5.41) is 6.96. The highest BCUT2D eigenvalue weighted by Crippen LogP contribution is 2.34. The van der Waals surface area contributed by atoms with E-state index >= 15 is 0 Å². The second-order valence-corrected chi connectivity index (χ2v) is 8.24. The van der Waals surface area contributed by atoms with Gasteiger partial charge in [-0.05, 0) is 18.6 Å². The molecule has 29 heavy (non-hydrogen) atoms. The van der Waals surface area contributed by atoms with Crippen LogP contribution in [0, 0.1) is 12.8 Å². The summed E-state index contributed by atoms with van der Waals surface area (Å²) in [5.41, 5.74) is 7.04. The van der Waals surface area contributed by atoms with Crippen LogP contribution < -0.4 is 4.90 Å². The van der Waals surface area contributed by atoms with Gasteiger partial charge in [0, 0.05) is 48.4 Å². The maximum atomic E-state index is 4.73. The molecule has 0 spiro atoms. The molecule has 0 radical (unpaired) electrons. The number of benzene rings is 2. The van der Waals surface area contributed by atoms with E-state index in [0.29, 0.717) is 12.0 Å². The molecule has 4 nitrogen and oxygen atoms in total. The number of anilines is 1. The summed E-state index contributed by atoms with van der Waals surface area (Å²) in [7, 11) is 2.09. The van der Waals surface area contributed by atoms with Gasteiger partial charge in [-0.15, -0.1) is 0 Å². The van der Waals surface area contributed by atoms with Crippen LogP contribution in [-0.2, 0) is 6.54 Å². The third kappa shape index (κ3) is 3.80. The number of para-hydroxylation sites is 1. The summed E-state index contributed by atoms with van der Waals surface area (Å²) in [6.07, 6.45) is 2.08. The van der Waals surface area contributed by atoms with Crippen molar-refractivity contribution in [2.75, 3.05) is 25.0 Å². The van der Waals surface area contributed by atoms with E-state index < -0.39 is 0 Å². The van der Waals surface area contributed by atoms with Crippen LogP contribution in [-0.4, -0.2) is 42.3 Å². The quantitative estimate of drug-likeness (QED) is 0.758. The number of aryl methyl sites for hydroxylation is 1. The Labute approximate surface area is 174 Å². The van der Waals surface area contributed by atoms with Gasteiger partial charge in [0.25, 0.3) is 0 Å². The van der Waals surface area contributed by atoms with E-state index in [0.717, 1.165) is 36.7 Å². The van der Waals surface area contributed by atoms with Gasteiger partial charge in [-0.2, -0.15) is 5.10 Å². The van der Waals surface area contributed by atoms with E-state index in [4.69, 9.17) is 5.10 Å². The first-order chi connectivity index (χ1) is 13.9. The fourth-order valence-electron chi connectivity index (χ4n) is 4.12. The Bertz CT molecular complexity index is 944. The largest absolute Gasteiger partial charge is 0.364 e. The third-order valence-electron chi connectivity index (χ3n) is 6.12. The molecular weight excluding hydrogens is 356 g/mol. The number of nitrogens with zero attached hydrogens (tertiary/aromatic N) is 4. The topological polar surface area (TPSA) is 22.1 Å². The fraction of sp³-hybridized carbons (Fsp3) is 0.320. The lowest BCUT2D eigenvalue weighted by Crippen LogP contribution is -2.42. The summed E-state index contributed by atoms with van der Waals surface area (Å²) in [6.45, 7) is 15.6. The molecule has 0 bridgehead atoms. The molecule has 0 saturated carbocycles. The van der Waals surface area contributed by atoms with Crippen molar-refractivity contribution in [1.29, 1.82) is 0 Å². The minimum atomic E-state index is 0.302. The summed E-state index contributed by atoms with van der Waals surface area (Å²) >= 11 is 0. The lowest BCUT2D eigenvalue weighted by molar-refractivity contribution is 0.165. The minimum Gasteiger partial charge on any atom is -0.364 e. The van der Waals surface area contributed by atoms with Crippen LogP contribution in [0.5, 0.6) is 0 Å². The normalized spacial score (nSPS) is 21.6. The monoisotopic (exact) mass is 386 g/mol. The van der Waals surface area contributed by atoms with Crippen molar-refractivity contribution in [2.45, 2.75) is 26.4 Å². The van der Waals surface area contributed by atoms with Crippen LogP contribution in [0.2, 0.25) is 0 Å². The van der Waals surface area contributed by atoms with E-state index in [1.165, 1.54) is 16.7 Å². The van der Waals surface area contributed by atoms with Crippen molar-refractivity contribution in [3.63, 3.8) is 0 Å². The van der Waals surface area contributed by atoms with Crippen molar-refractivity contribution in [3.05, 3.63) is 84.1 Å². The molecule has 0 saturated heterocycles. The molecule has 150 valence electrons. The molecule has 0 amide bonds. The van der Waals surface area contributed by atoms with Gasteiger partial charge in [-0.1, -0.05) is 68.1 Å². The number of hydrazone groups is 1. The molecule has 4 heteroatoms. The van der Waals surface area contributed by atoms with Gasteiger partial charge in [0.1, 0.15) is 0 Å². The zero-order valence-corrected chi connectivity index (χ0v) is 17.7. The second-order valence-electron chi connectivity index (χ2n) is 8.24. The second kappa shape index (κ2) is 7.78. The van der Waals surface area contributed by atoms with Crippen molar-refractivity contribution >= 4 is 17.6 Å². The van der Waals surface area contributed by atoms with Crippen LogP contribution in [0.25, 0.3) is 5.70 Å². The maximum Gasteiger partial charge on any atom is 0.0725 e. The Morgan fingerprint density at radius 3 is 2.55 bits per heavy atom.